The zero-order valence-corrected chi connectivity index (χ0v) is 15.9. The molecule has 0 radical (unpaired) electrons. The Morgan fingerprint density at radius 2 is 1.79 bits per heavy atom. The number of benzene rings is 2. The van der Waals surface area contributed by atoms with E-state index in [2.05, 4.69) is 4.98 Å². The van der Waals surface area contributed by atoms with Crippen molar-refractivity contribution in [1.29, 1.82) is 0 Å². The summed E-state index contributed by atoms with van der Waals surface area (Å²) in [4.78, 5) is 30.9. The molecule has 1 aromatic heterocycles. The molecule has 1 saturated heterocycles. The molecule has 2 heterocycles. The lowest BCUT2D eigenvalue weighted by atomic mass is 9.96. The standard InChI is InChI=1S/C22H23N3O3/c1-2-28-22(27)17-11-13-24(14-12-17)21(26)16-7-9-18(10-8-16)25-15-23-19-5-3-4-6-20(19)25/h3-10,15,17H,2,11-14H2,1H3. The van der Waals surface area contributed by atoms with Crippen LogP contribution >= 0.6 is 0 Å². The first-order valence-electron chi connectivity index (χ1n) is 9.66. The zero-order valence-electron chi connectivity index (χ0n) is 15.9. The third kappa shape index (κ3) is 3.50. The molecule has 1 aliphatic rings. The molecule has 0 N–H and O–H groups in total. The first kappa shape index (κ1) is 18.2. The van der Waals surface area contributed by atoms with Gasteiger partial charge in [0.1, 0.15) is 6.33 Å². The molecule has 0 bridgehead atoms. The fourth-order valence-electron chi connectivity index (χ4n) is 3.69. The second kappa shape index (κ2) is 7.84. The summed E-state index contributed by atoms with van der Waals surface area (Å²) in [6.07, 6.45) is 3.11. The Labute approximate surface area is 163 Å². The molecule has 6 heteroatoms. The van der Waals surface area contributed by atoms with Crippen LogP contribution in [0.15, 0.2) is 54.9 Å². The van der Waals surface area contributed by atoms with Crippen LogP contribution in [0, 0.1) is 5.92 Å². The second-order valence-corrected chi connectivity index (χ2v) is 6.97. The maximum Gasteiger partial charge on any atom is 0.309 e. The quantitative estimate of drug-likeness (QED) is 0.654. The molecule has 0 atom stereocenters. The summed E-state index contributed by atoms with van der Waals surface area (Å²) in [5.41, 5.74) is 3.59. The van der Waals surface area contributed by atoms with Crippen molar-refractivity contribution in [3.8, 4) is 5.69 Å². The van der Waals surface area contributed by atoms with Gasteiger partial charge in [-0.3, -0.25) is 14.2 Å². The van der Waals surface area contributed by atoms with Crippen LogP contribution in [0.2, 0.25) is 0 Å². The van der Waals surface area contributed by atoms with Crippen LogP contribution in [0.3, 0.4) is 0 Å². The number of carbonyl (C=O) groups excluding carboxylic acids is 2. The van der Waals surface area contributed by atoms with Crippen LogP contribution in [0.5, 0.6) is 0 Å². The molecule has 144 valence electrons. The predicted molar refractivity (Wildman–Crippen MR) is 106 cm³/mol. The summed E-state index contributed by atoms with van der Waals surface area (Å²) in [5.74, 6) is -0.239. The highest BCUT2D eigenvalue weighted by Crippen LogP contribution is 2.22. The van der Waals surface area contributed by atoms with Crippen molar-refractivity contribution in [2.24, 2.45) is 5.92 Å². The third-order valence-electron chi connectivity index (χ3n) is 5.25. The van der Waals surface area contributed by atoms with Gasteiger partial charge < -0.3 is 9.64 Å². The monoisotopic (exact) mass is 377 g/mol. The van der Waals surface area contributed by atoms with Crippen LogP contribution in [0.1, 0.15) is 30.1 Å². The summed E-state index contributed by atoms with van der Waals surface area (Å²) < 4.78 is 7.10. The molecule has 4 rings (SSSR count). The molecule has 0 spiro atoms. The van der Waals surface area contributed by atoms with E-state index in [4.69, 9.17) is 4.74 Å². The maximum atomic E-state index is 12.8. The normalized spacial score (nSPS) is 15.0. The number of amides is 1. The number of aromatic nitrogens is 2. The van der Waals surface area contributed by atoms with E-state index in [1.54, 1.807) is 6.33 Å². The highest BCUT2D eigenvalue weighted by molar-refractivity contribution is 5.94. The molecule has 1 amide bonds. The molecule has 0 aliphatic carbocycles. The zero-order chi connectivity index (χ0) is 19.5. The molecule has 2 aromatic carbocycles. The van der Waals surface area contributed by atoms with Crippen molar-refractivity contribution in [2.75, 3.05) is 19.7 Å². The Morgan fingerprint density at radius 3 is 2.50 bits per heavy atom. The number of hydrogen-bond donors (Lipinski definition) is 0. The smallest absolute Gasteiger partial charge is 0.309 e. The van der Waals surface area contributed by atoms with Gasteiger partial charge >= 0.3 is 5.97 Å². The fraction of sp³-hybridized carbons (Fsp3) is 0.318. The number of para-hydroxylation sites is 2. The maximum absolute atomic E-state index is 12.8. The Hall–Kier alpha value is -3.15. The summed E-state index contributed by atoms with van der Waals surface area (Å²) >= 11 is 0. The Bertz CT molecular complexity index is 986. The van der Waals surface area contributed by atoms with Gasteiger partial charge in [0.2, 0.25) is 0 Å². The van der Waals surface area contributed by atoms with Gasteiger partial charge in [-0.05, 0) is 56.2 Å². The second-order valence-electron chi connectivity index (χ2n) is 6.97. The van der Waals surface area contributed by atoms with Crippen LogP contribution in [-0.2, 0) is 9.53 Å². The van der Waals surface area contributed by atoms with Crippen LogP contribution in [0.4, 0.5) is 0 Å². The van der Waals surface area contributed by atoms with E-state index in [1.165, 1.54) is 0 Å². The predicted octanol–water partition coefficient (Wildman–Crippen LogP) is 3.44. The van der Waals surface area contributed by atoms with Crippen LogP contribution in [-0.4, -0.2) is 46.0 Å². The van der Waals surface area contributed by atoms with Gasteiger partial charge in [-0.15, -0.1) is 0 Å². The number of hydrogen-bond acceptors (Lipinski definition) is 4. The molecule has 1 fully saturated rings. The van der Waals surface area contributed by atoms with E-state index >= 15 is 0 Å². The van der Waals surface area contributed by atoms with Gasteiger partial charge in [-0.25, -0.2) is 4.98 Å². The van der Waals surface area contributed by atoms with Gasteiger partial charge in [-0.2, -0.15) is 0 Å². The van der Waals surface area contributed by atoms with Crippen molar-refractivity contribution in [2.45, 2.75) is 19.8 Å². The molecule has 0 unspecified atom stereocenters. The lowest BCUT2D eigenvalue weighted by Gasteiger charge is -2.31. The van der Waals surface area contributed by atoms with Crippen molar-refractivity contribution in [3.05, 3.63) is 60.4 Å². The van der Waals surface area contributed by atoms with Crippen LogP contribution < -0.4 is 0 Å². The number of piperidine rings is 1. The molecular formula is C22H23N3O3. The number of likely N-dealkylation sites (tertiary alicyclic amines) is 1. The minimum Gasteiger partial charge on any atom is -0.466 e. The van der Waals surface area contributed by atoms with Crippen molar-refractivity contribution >= 4 is 22.9 Å². The summed E-state index contributed by atoms with van der Waals surface area (Å²) in [7, 11) is 0. The SMILES string of the molecule is CCOC(=O)C1CCN(C(=O)c2ccc(-n3cnc4ccccc43)cc2)CC1. The van der Waals surface area contributed by atoms with Crippen LogP contribution in [0.25, 0.3) is 16.7 Å². The molecule has 0 saturated carbocycles. The highest BCUT2D eigenvalue weighted by Gasteiger charge is 2.28. The van der Waals surface area contributed by atoms with Gasteiger partial charge in [-0.1, -0.05) is 12.1 Å². The minimum atomic E-state index is -0.147. The lowest BCUT2D eigenvalue weighted by Crippen LogP contribution is -2.40. The molecule has 3 aromatic rings. The summed E-state index contributed by atoms with van der Waals surface area (Å²) in [6.45, 7) is 3.37. The topological polar surface area (TPSA) is 64.4 Å². The molecule has 6 nitrogen and oxygen atoms in total. The highest BCUT2D eigenvalue weighted by atomic mass is 16.5. The lowest BCUT2D eigenvalue weighted by molar-refractivity contribution is -0.149. The Morgan fingerprint density at radius 1 is 1.07 bits per heavy atom. The van der Waals surface area contributed by atoms with Gasteiger partial charge in [0, 0.05) is 24.3 Å². The third-order valence-corrected chi connectivity index (χ3v) is 5.25. The van der Waals surface area contributed by atoms with Gasteiger partial charge in [0.05, 0.1) is 23.6 Å². The van der Waals surface area contributed by atoms with E-state index in [0.29, 0.717) is 38.1 Å². The first-order chi connectivity index (χ1) is 13.7. The fourth-order valence-corrected chi connectivity index (χ4v) is 3.69. The number of nitrogens with zero attached hydrogens (tertiary/aromatic N) is 3. The summed E-state index contributed by atoms with van der Waals surface area (Å²) in [5, 5.41) is 0. The number of carbonyl (C=O) groups is 2. The van der Waals surface area contributed by atoms with Gasteiger partial charge in [0.15, 0.2) is 0 Å². The number of fused-ring (bicyclic) bond motifs is 1. The number of imidazole rings is 1. The van der Waals surface area contributed by atoms with E-state index in [1.807, 2.05) is 64.9 Å². The molecule has 28 heavy (non-hydrogen) atoms. The van der Waals surface area contributed by atoms with Gasteiger partial charge in [0.25, 0.3) is 5.91 Å². The average Bonchev–Trinajstić information content (AvgIpc) is 3.18. The van der Waals surface area contributed by atoms with E-state index in [-0.39, 0.29) is 17.8 Å². The van der Waals surface area contributed by atoms with E-state index in [9.17, 15) is 9.59 Å². The summed E-state index contributed by atoms with van der Waals surface area (Å²) in [6, 6.07) is 15.5. The number of rotatable bonds is 4. The minimum absolute atomic E-state index is 0.00403. The largest absolute Gasteiger partial charge is 0.466 e. The Kier molecular flexibility index (Phi) is 5.10. The molecular weight excluding hydrogens is 354 g/mol. The Balaban J connectivity index is 1.44. The van der Waals surface area contributed by atoms with E-state index in [0.717, 1.165) is 16.7 Å². The van der Waals surface area contributed by atoms with E-state index < -0.39 is 0 Å². The first-order valence-corrected chi connectivity index (χ1v) is 9.66. The van der Waals surface area contributed by atoms with Crippen molar-refractivity contribution < 1.29 is 14.3 Å². The van der Waals surface area contributed by atoms with Crippen molar-refractivity contribution in [1.82, 2.24) is 14.5 Å². The number of esters is 1. The number of ether oxygens (including phenoxy) is 1. The average molecular weight is 377 g/mol. The van der Waals surface area contributed by atoms with Crippen molar-refractivity contribution in [3.63, 3.8) is 0 Å². The molecule has 1 aliphatic heterocycles.